The van der Waals surface area contributed by atoms with Crippen molar-refractivity contribution < 1.29 is 0 Å². The summed E-state index contributed by atoms with van der Waals surface area (Å²) in [5.41, 5.74) is 0.0554. The lowest BCUT2D eigenvalue weighted by molar-refractivity contribution is 0.378. The van der Waals surface area contributed by atoms with Gasteiger partial charge in [0.05, 0.1) is 5.54 Å². The molecule has 0 aromatic rings. The molecule has 1 rings (SSSR count). The van der Waals surface area contributed by atoms with E-state index in [2.05, 4.69) is 39.5 Å². The van der Waals surface area contributed by atoms with Crippen molar-refractivity contribution in [3.63, 3.8) is 0 Å². The lowest BCUT2D eigenvalue weighted by Crippen LogP contribution is -2.33. The van der Waals surface area contributed by atoms with Gasteiger partial charge < -0.3 is 4.90 Å². The number of hydrogen-bond acceptors (Lipinski definition) is 2. The Hall–Kier alpha value is -0.180. The minimum absolute atomic E-state index is 0.0554. The number of rotatable bonds is 1. The Bertz CT molecular complexity index is 203. The van der Waals surface area contributed by atoms with Gasteiger partial charge in [-0.15, -0.1) is 0 Å². The number of nitrogens with zero attached hydrogens (tertiary/aromatic N) is 2. The first kappa shape index (κ1) is 10.9. The van der Waals surface area contributed by atoms with E-state index < -0.39 is 0 Å². The molecule has 1 saturated heterocycles. The molecule has 1 heterocycles. The summed E-state index contributed by atoms with van der Waals surface area (Å²) in [4.78, 5) is 7.10. The van der Waals surface area contributed by atoms with Crippen molar-refractivity contribution in [3.05, 3.63) is 0 Å². The fourth-order valence-electron chi connectivity index (χ4n) is 1.28. The molecule has 0 amide bonds. The quantitative estimate of drug-likeness (QED) is 0.646. The van der Waals surface area contributed by atoms with Gasteiger partial charge in [0.2, 0.25) is 0 Å². The van der Waals surface area contributed by atoms with Gasteiger partial charge in [0.25, 0.3) is 0 Å². The average molecular weight is 200 g/mol. The zero-order valence-electron chi connectivity index (χ0n) is 9.29. The summed E-state index contributed by atoms with van der Waals surface area (Å²) in [7, 11) is 0. The van der Waals surface area contributed by atoms with E-state index in [0.29, 0.717) is 6.04 Å². The van der Waals surface area contributed by atoms with Crippen LogP contribution >= 0.6 is 11.8 Å². The lowest BCUT2D eigenvalue weighted by atomic mass is 10.1. The Balaban J connectivity index is 2.74. The fraction of sp³-hybridized carbons (Fsp3) is 0.900. The van der Waals surface area contributed by atoms with Crippen LogP contribution in [0, 0.1) is 0 Å². The van der Waals surface area contributed by atoms with Crippen LogP contribution < -0.4 is 0 Å². The Morgan fingerprint density at radius 3 is 2.46 bits per heavy atom. The van der Waals surface area contributed by atoms with Gasteiger partial charge in [0.1, 0.15) is 0 Å². The molecule has 1 aliphatic heterocycles. The van der Waals surface area contributed by atoms with Crippen molar-refractivity contribution in [1.82, 2.24) is 4.90 Å². The van der Waals surface area contributed by atoms with Gasteiger partial charge in [-0.3, -0.25) is 4.99 Å². The Morgan fingerprint density at radius 2 is 2.00 bits per heavy atom. The predicted molar refractivity (Wildman–Crippen MR) is 61.5 cm³/mol. The first-order valence-corrected chi connectivity index (χ1v) is 5.88. The van der Waals surface area contributed by atoms with Crippen LogP contribution in [0.25, 0.3) is 0 Å². The van der Waals surface area contributed by atoms with E-state index in [4.69, 9.17) is 4.99 Å². The van der Waals surface area contributed by atoms with E-state index in [-0.39, 0.29) is 5.54 Å². The minimum atomic E-state index is 0.0554. The van der Waals surface area contributed by atoms with E-state index in [9.17, 15) is 0 Å². The molecule has 76 valence electrons. The van der Waals surface area contributed by atoms with Gasteiger partial charge in [0, 0.05) is 18.3 Å². The van der Waals surface area contributed by atoms with Gasteiger partial charge in [-0.05, 0) is 34.6 Å². The highest BCUT2D eigenvalue weighted by Gasteiger charge is 2.23. The second-order valence-electron chi connectivity index (χ2n) is 4.70. The second-order valence-corrected chi connectivity index (χ2v) is 5.76. The van der Waals surface area contributed by atoms with Crippen LogP contribution in [0.3, 0.4) is 0 Å². The summed E-state index contributed by atoms with van der Waals surface area (Å²) in [5, 5.41) is 1.22. The Kier molecular flexibility index (Phi) is 3.28. The van der Waals surface area contributed by atoms with Crippen LogP contribution in [0.1, 0.15) is 34.6 Å². The molecule has 0 bridgehead atoms. The first-order valence-electron chi connectivity index (χ1n) is 4.89. The normalized spacial score (nSPS) is 22.0. The first-order chi connectivity index (χ1) is 5.90. The SMILES string of the molecule is CC(C)N1CCSC1=NC(C)(C)C. The zero-order valence-corrected chi connectivity index (χ0v) is 10.1. The lowest BCUT2D eigenvalue weighted by Gasteiger charge is -2.24. The predicted octanol–water partition coefficient (Wildman–Crippen LogP) is 2.60. The van der Waals surface area contributed by atoms with Crippen molar-refractivity contribution >= 4 is 16.9 Å². The average Bonchev–Trinajstić information content (AvgIpc) is 2.31. The third kappa shape index (κ3) is 3.22. The Labute approximate surface area is 85.8 Å². The standard InChI is InChI=1S/C10H20N2S/c1-8(2)12-6-7-13-9(12)11-10(3,4)5/h8H,6-7H2,1-5H3. The van der Waals surface area contributed by atoms with Crippen molar-refractivity contribution in [1.29, 1.82) is 0 Å². The largest absolute Gasteiger partial charge is 0.348 e. The number of aliphatic imine (C=N–C) groups is 1. The summed E-state index contributed by atoms with van der Waals surface area (Å²) >= 11 is 1.88. The van der Waals surface area contributed by atoms with Gasteiger partial charge in [-0.2, -0.15) is 0 Å². The molecule has 0 radical (unpaired) electrons. The third-order valence-corrected chi connectivity index (χ3v) is 2.83. The summed E-state index contributed by atoms with van der Waals surface area (Å²) < 4.78 is 0. The minimum Gasteiger partial charge on any atom is -0.348 e. The molecule has 0 atom stereocenters. The molecule has 0 spiro atoms. The molecule has 0 N–H and O–H groups in total. The van der Waals surface area contributed by atoms with Crippen molar-refractivity contribution in [2.45, 2.75) is 46.2 Å². The molecular formula is C10H20N2S. The van der Waals surface area contributed by atoms with Gasteiger partial charge in [0.15, 0.2) is 5.17 Å². The van der Waals surface area contributed by atoms with Crippen molar-refractivity contribution in [3.8, 4) is 0 Å². The summed E-state index contributed by atoms with van der Waals surface area (Å²) in [6.07, 6.45) is 0. The molecule has 3 heteroatoms. The van der Waals surface area contributed by atoms with Crippen LogP contribution in [0.15, 0.2) is 4.99 Å². The van der Waals surface area contributed by atoms with Gasteiger partial charge >= 0.3 is 0 Å². The number of thioether (sulfide) groups is 1. The highest BCUT2D eigenvalue weighted by molar-refractivity contribution is 8.14. The smallest absolute Gasteiger partial charge is 0.160 e. The number of hydrogen-bond donors (Lipinski definition) is 0. The maximum Gasteiger partial charge on any atom is 0.160 e. The van der Waals surface area contributed by atoms with E-state index in [1.165, 1.54) is 10.9 Å². The molecule has 0 aromatic carbocycles. The molecule has 2 nitrogen and oxygen atoms in total. The van der Waals surface area contributed by atoms with E-state index in [0.717, 1.165) is 6.54 Å². The summed E-state index contributed by atoms with van der Waals surface area (Å²) in [6, 6.07) is 0.580. The van der Waals surface area contributed by atoms with Crippen LogP contribution in [0.4, 0.5) is 0 Å². The third-order valence-electron chi connectivity index (χ3n) is 1.86. The van der Waals surface area contributed by atoms with Crippen molar-refractivity contribution in [2.75, 3.05) is 12.3 Å². The van der Waals surface area contributed by atoms with Gasteiger partial charge in [-0.25, -0.2) is 0 Å². The van der Waals surface area contributed by atoms with E-state index >= 15 is 0 Å². The second kappa shape index (κ2) is 3.91. The molecule has 13 heavy (non-hydrogen) atoms. The monoisotopic (exact) mass is 200 g/mol. The summed E-state index contributed by atoms with van der Waals surface area (Å²) in [6.45, 7) is 12.1. The van der Waals surface area contributed by atoms with Crippen LogP contribution in [-0.2, 0) is 0 Å². The molecular weight excluding hydrogens is 180 g/mol. The maximum absolute atomic E-state index is 4.72. The van der Waals surface area contributed by atoms with Crippen LogP contribution in [0.2, 0.25) is 0 Å². The topological polar surface area (TPSA) is 15.6 Å². The van der Waals surface area contributed by atoms with Gasteiger partial charge in [-0.1, -0.05) is 11.8 Å². The fourth-order valence-corrected chi connectivity index (χ4v) is 2.55. The van der Waals surface area contributed by atoms with Crippen LogP contribution in [-0.4, -0.2) is 33.9 Å². The van der Waals surface area contributed by atoms with E-state index in [1.54, 1.807) is 0 Å². The Morgan fingerprint density at radius 1 is 1.38 bits per heavy atom. The zero-order chi connectivity index (χ0) is 10.1. The molecule has 0 unspecified atom stereocenters. The van der Waals surface area contributed by atoms with Crippen LogP contribution in [0.5, 0.6) is 0 Å². The molecule has 0 aliphatic carbocycles. The molecule has 0 saturated carbocycles. The molecule has 0 aromatic heterocycles. The van der Waals surface area contributed by atoms with Crippen molar-refractivity contribution in [2.24, 2.45) is 4.99 Å². The van der Waals surface area contributed by atoms with E-state index in [1.807, 2.05) is 11.8 Å². The highest BCUT2D eigenvalue weighted by Crippen LogP contribution is 2.23. The molecule has 1 aliphatic rings. The summed E-state index contributed by atoms with van der Waals surface area (Å²) in [5.74, 6) is 1.19. The number of amidine groups is 1. The molecule has 1 fully saturated rings. The highest BCUT2D eigenvalue weighted by atomic mass is 32.2. The maximum atomic E-state index is 4.72.